The van der Waals surface area contributed by atoms with E-state index in [9.17, 15) is 0 Å². The van der Waals surface area contributed by atoms with Gasteiger partial charge in [-0.25, -0.2) is 0 Å². The normalized spacial score (nSPS) is 15.1. The molecule has 1 nitrogen and oxygen atoms in total. The van der Waals surface area contributed by atoms with Crippen LogP contribution in [0.1, 0.15) is 74.9 Å². The van der Waals surface area contributed by atoms with Crippen LogP contribution in [0.2, 0.25) is 0 Å². The van der Waals surface area contributed by atoms with Crippen LogP contribution in [0.5, 0.6) is 0 Å². The fourth-order valence-corrected chi connectivity index (χ4v) is 11.6. The van der Waals surface area contributed by atoms with Crippen LogP contribution < -0.4 is 4.90 Å². The minimum absolute atomic E-state index is 0.0489. The molecule has 0 bridgehead atoms. The minimum atomic E-state index is -0.210. The second-order valence-electron chi connectivity index (χ2n) is 19.7. The Labute approximate surface area is 378 Å². The summed E-state index contributed by atoms with van der Waals surface area (Å²) in [6, 6.07) is 74.9. The minimum Gasteiger partial charge on any atom is -0.310 e. The maximum absolute atomic E-state index is 2.55. The maximum Gasteiger partial charge on any atom is 0.0540 e. The first-order chi connectivity index (χ1) is 31.0. The van der Waals surface area contributed by atoms with E-state index in [1.54, 1.807) is 0 Å². The van der Waals surface area contributed by atoms with Gasteiger partial charge in [0.05, 0.1) is 5.69 Å². The molecule has 64 heavy (non-hydrogen) atoms. The van der Waals surface area contributed by atoms with Gasteiger partial charge in [0, 0.05) is 33.2 Å². The maximum atomic E-state index is 2.55. The van der Waals surface area contributed by atoms with Crippen molar-refractivity contribution in [2.24, 2.45) is 0 Å². The van der Waals surface area contributed by atoms with Gasteiger partial charge in [-0.2, -0.15) is 0 Å². The lowest BCUT2D eigenvalue weighted by Gasteiger charge is -2.30. The summed E-state index contributed by atoms with van der Waals surface area (Å²) >= 11 is 0. The molecule has 0 saturated carbocycles. The number of hydrogen-bond acceptors (Lipinski definition) is 1. The SMILES string of the molecule is CC1(C)c2ccccc2-c2ccc(-c3ccc(N(c4ccc5c(c4)C(C)(C)c4cc6c(cc4-5)-c4c(-c5ccccc5)cccc4C6(C)C)c4ccccc4-c4ccccc4)cc3)cc21. The zero-order valence-electron chi connectivity index (χ0n) is 37.5. The molecule has 0 saturated heterocycles. The number of benzene rings is 9. The highest BCUT2D eigenvalue weighted by Crippen LogP contribution is 2.58. The van der Waals surface area contributed by atoms with Crippen molar-refractivity contribution in [1.82, 2.24) is 0 Å². The molecule has 0 atom stereocenters. The summed E-state index contributed by atoms with van der Waals surface area (Å²) in [7, 11) is 0. The first-order valence-corrected chi connectivity index (χ1v) is 22.8. The molecule has 0 spiro atoms. The second-order valence-corrected chi connectivity index (χ2v) is 19.7. The quantitative estimate of drug-likeness (QED) is 0.161. The highest BCUT2D eigenvalue weighted by atomic mass is 15.1. The van der Waals surface area contributed by atoms with Crippen LogP contribution in [0.3, 0.4) is 0 Å². The average Bonchev–Trinajstić information content (AvgIpc) is 3.81. The number of fused-ring (bicyclic) bond motifs is 9. The molecule has 0 N–H and O–H groups in total. The number of nitrogens with zero attached hydrogens (tertiary/aromatic N) is 1. The molecule has 0 aromatic heterocycles. The van der Waals surface area contributed by atoms with Crippen LogP contribution in [0.15, 0.2) is 200 Å². The van der Waals surface area contributed by atoms with Crippen LogP contribution in [-0.2, 0) is 16.2 Å². The summed E-state index contributed by atoms with van der Waals surface area (Å²) in [6.45, 7) is 14.4. The summed E-state index contributed by atoms with van der Waals surface area (Å²) in [5.41, 5.74) is 27.0. The fraction of sp³-hybridized carbons (Fsp3) is 0.143. The number of rotatable bonds is 6. The van der Waals surface area contributed by atoms with Gasteiger partial charge in [-0.1, -0.05) is 199 Å². The molecule has 0 fully saturated rings. The van der Waals surface area contributed by atoms with Crippen molar-refractivity contribution >= 4 is 17.1 Å². The Morgan fingerprint density at radius 1 is 0.266 bits per heavy atom. The van der Waals surface area contributed by atoms with Gasteiger partial charge in [-0.05, 0) is 137 Å². The summed E-state index contributed by atoms with van der Waals surface area (Å²) in [5, 5.41) is 0. The molecular formula is C63H51N. The van der Waals surface area contributed by atoms with Gasteiger partial charge in [0.2, 0.25) is 0 Å². The zero-order chi connectivity index (χ0) is 43.5. The Morgan fingerprint density at radius 3 is 1.50 bits per heavy atom. The predicted octanol–water partition coefficient (Wildman–Crippen LogP) is 17.1. The highest BCUT2D eigenvalue weighted by molar-refractivity contribution is 5.97. The lowest BCUT2D eigenvalue weighted by Crippen LogP contribution is -2.19. The molecule has 308 valence electrons. The summed E-state index contributed by atoms with van der Waals surface area (Å²) < 4.78 is 0. The van der Waals surface area contributed by atoms with Crippen molar-refractivity contribution in [2.75, 3.05) is 4.90 Å². The molecule has 3 aliphatic rings. The first kappa shape index (κ1) is 38.5. The Morgan fingerprint density at radius 2 is 0.750 bits per heavy atom. The van der Waals surface area contributed by atoms with Gasteiger partial charge in [-0.3, -0.25) is 0 Å². The van der Waals surface area contributed by atoms with Crippen LogP contribution in [0.25, 0.3) is 66.8 Å². The van der Waals surface area contributed by atoms with Crippen molar-refractivity contribution in [3.63, 3.8) is 0 Å². The number of anilines is 3. The van der Waals surface area contributed by atoms with Crippen molar-refractivity contribution in [3.8, 4) is 66.8 Å². The molecule has 0 amide bonds. The monoisotopic (exact) mass is 821 g/mol. The van der Waals surface area contributed by atoms with Crippen molar-refractivity contribution in [1.29, 1.82) is 0 Å². The average molecular weight is 822 g/mol. The van der Waals surface area contributed by atoms with Crippen molar-refractivity contribution in [2.45, 2.75) is 57.8 Å². The van der Waals surface area contributed by atoms with Gasteiger partial charge >= 0.3 is 0 Å². The number of hydrogen-bond donors (Lipinski definition) is 0. The standard InChI is InChI=1S/C63H51N/c1-61(2)53-25-15-13-23-48(53)49-34-30-43(36-55(49)61)40-28-31-44(32-29-40)64(59-27-16-14-22-46(59)41-18-9-7-10-19-41)45-33-35-50-51-38-52-58(39-57(51)63(5,6)56(50)37-45)62(3,4)54-26-17-24-47(60(52)54)42-20-11-8-12-21-42/h7-39H,1-6H3. The third-order valence-corrected chi connectivity index (χ3v) is 15.1. The molecule has 12 rings (SSSR count). The molecule has 0 aliphatic heterocycles. The Bertz CT molecular complexity index is 3330. The zero-order valence-corrected chi connectivity index (χ0v) is 37.5. The third-order valence-electron chi connectivity index (χ3n) is 15.1. The van der Waals surface area contributed by atoms with E-state index in [0.717, 1.165) is 17.1 Å². The lowest BCUT2D eigenvalue weighted by atomic mass is 9.77. The van der Waals surface area contributed by atoms with E-state index >= 15 is 0 Å². The first-order valence-electron chi connectivity index (χ1n) is 22.8. The molecule has 0 radical (unpaired) electrons. The summed E-state index contributed by atoms with van der Waals surface area (Å²) in [4.78, 5) is 2.47. The van der Waals surface area contributed by atoms with E-state index < -0.39 is 0 Å². The third kappa shape index (κ3) is 5.56. The van der Waals surface area contributed by atoms with Crippen LogP contribution in [0.4, 0.5) is 17.1 Å². The van der Waals surface area contributed by atoms with Crippen LogP contribution in [-0.4, -0.2) is 0 Å². The molecule has 9 aromatic rings. The molecular weight excluding hydrogens is 771 g/mol. The molecule has 0 heterocycles. The Balaban J connectivity index is 0.987. The van der Waals surface area contributed by atoms with E-state index in [4.69, 9.17) is 0 Å². The molecule has 3 aliphatic carbocycles. The van der Waals surface area contributed by atoms with Crippen LogP contribution >= 0.6 is 0 Å². The van der Waals surface area contributed by atoms with Gasteiger partial charge in [0.15, 0.2) is 0 Å². The summed E-state index contributed by atoms with van der Waals surface area (Å²) in [6.07, 6.45) is 0. The molecule has 1 heteroatoms. The van der Waals surface area contributed by atoms with E-state index in [-0.39, 0.29) is 16.2 Å². The van der Waals surface area contributed by atoms with Crippen molar-refractivity contribution < 1.29 is 0 Å². The largest absolute Gasteiger partial charge is 0.310 e. The van der Waals surface area contributed by atoms with Crippen molar-refractivity contribution in [3.05, 3.63) is 234 Å². The van der Waals surface area contributed by atoms with E-state index in [1.165, 1.54) is 100 Å². The lowest BCUT2D eigenvalue weighted by molar-refractivity contribution is 0.639. The van der Waals surface area contributed by atoms with Gasteiger partial charge in [-0.15, -0.1) is 0 Å². The smallest absolute Gasteiger partial charge is 0.0540 e. The summed E-state index contributed by atoms with van der Waals surface area (Å²) in [5.74, 6) is 0. The van der Waals surface area contributed by atoms with E-state index in [2.05, 4.69) is 247 Å². The van der Waals surface area contributed by atoms with Gasteiger partial charge < -0.3 is 4.90 Å². The Kier molecular flexibility index (Phi) is 8.35. The van der Waals surface area contributed by atoms with E-state index in [0.29, 0.717) is 0 Å². The van der Waals surface area contributed by atoms with Gasteiger partial charge in [0.1, 0.15) is 0 Å². The fourth-order valence-electron chi connectivity index (χ4n) is 11.6. The second kappa shape index (κ2) is 13.9. The van der Waals surface area contributed by atoms with Crippen LogP contribution in [0, 0.1) is 0 Å². The van der Waals surface area contributed by atoms with Gasteiger partial charge in [0.25, 0.3) is 0 Å². The molecule has 0 unspecified atom stereocenters. The topological polar surface area (TPSA) is 3.24 Å². The predicted molar refractivity (Wildman–Crippen MR) is 270 cm³/mol. The van der Waals surface area contributed by atoms with E-state index in [1.807, 2.05) is 0 Å². The highest BCUT2D eigenvalue weighted by Gasteiger charge is 2.43. The Hall–Kier alpha value is -7.22. The number of para-hydroxylation sites is 1. The molecule has 9 aromatic carbocycles.